The highest BCUT2D eigenvalue weighted by Crippen LogP contribution is 2.31. The Morgan fingerprint density at radius 1 is 1.14 bits per heavy atom. The molecule has 0 aliphatic heterocycles. The average Bonchev–Trinajstić information content (AvgIpc) is 2.46. The summed E-state index contributed by atoms with van der Waals surface area (Å²) in [6.07, 6.45) is 0.802. The Hall–Kier alpha value is -0.540. The molecule has 21 heavy (non-hydrogen) atoms. The average molecular weight is 387 g/mol. The molecule has 0 spiro atoms. The van der Waals surface area contributed by atoms with E-state index in [0.717, 1.165) is 12.0 Å². The fourth-order valence-corrected chi connectivity index (χ4v) is 3.12. The van der Waals surface area contributed by atoms with Gasteiger partial charge in [-0.05, 0) is 55.6 Å². The maximum Gasteiger partial charge on any atom is 0.0624 e. The molecule has 1 atom stereocenters. The van der Waals surface area contributed by atoms with Gasteiger partial charge in [-0.15, -0.1) is 0 Å². The van der Waals surface area contributed by atoms with Gasteiger partial charge >= 0.3 is 0 Å². The minimum Gasteiger partial charge on any atom is -0.313 e. The molecule has 2 aromatic carbocycles. The molecular formula is C17H18BrCl2N. The molecule has 0 saturated carbocycles. The van der Waals surface area contributed by atoms with Gasteiger partial charge in [0.2, 0.25) is 0 Å². The van der Waals surface area contributed by atoms with Crippen molar-refractivity contribution in [2.45, 2.75) is 26.3 Å². The van der Waals surface area contributed by atoms with Crippen LogP contribution in [-0.2, 0) is 6.42 Å². The topological polar surface area (TPSA) is 12.0 Å². The van der Waals surface area contributed by atoms with E-state index in [1.54, 1.807) is 0 Å². The van der Waals surface area contributed by atoms with Crippen LogP contribution in [0.4, 0.5) is 0 Å². The second kappa shape index (κ2) is 7.15. The molecule has 1 unspecified atom stereocenters. The third-order valence-corrected chi connectivity index (χ3v) is 5.77. The maximum absolute atomic E-state index is 6.30. The molecule has 0 bridgehead atoms. The van der Waals surface area contributed by atoms with Gasteiger partial charge in [-0.3, -0.25) is 0 Å². The number of rotatable bonds is 4. The summed E-state index contributed by atoms with van der Waals surface area (Å²) in [6.45, 7) is 4.22. The van der Waals surface area contributed by atoms with Gasteiger partial charge in [-0.1, -0.05) is 63.4 Å². The van der Waals surface area contributed by atoms with Crippen LogP contribution in [0, 0.1) is 13.8 Å². The maximum atomic E-state index is 6.30. The standard InChI is InChI=1S/C17H18BrCl2N/c1-10-7-13(8-11(2)16(10)18)15(21-3)9-12-5-4-6-14(19)17(12)20/h4-8,15,21H,9H2,1-3H3. The van der Waals surface area contributed by atoms with Crippen molar-refractivity contribution in [2.75, 3.05) is 7.05 Å². The molecule has 0 amide bonds. The number of benzene rings is 2. The summed E-state index contributed by atoms with van der Waals surface area (Å²) in [6, 6.07) is 10.4. The van der Waals surface area contributed by atoms with Gasteiger partial charge in [-0.2, -0.15) is 0 Å². The Bertz CT molecular complexity index is 632. The highest BCUT2D eigenvalue weighted by atomic mass is 79.9. The quantitative estimate of drug-likeness (QED) is 0.692. The van der Waals surface area contributed by atoms with E-state index in [1.165, 1.54) is 21.2 Å². The molecule has 4 heteroatoms. The van der Waals surface area contributed by atoms with Crippen molar-refractivity contribution in [3.63, 3.8) is 0 Å². The highest BCUT2D eigenvalue weighted by Gasteiger charge is 2.15. The van der Waals surface area contributed by atoms with Gasteiger partial charge in [0.1, 0.15) is 0 Å². The van der Waals surface area contributed by atoms with Crippen molar-refractivity contribution in [1.82, 2.24) is 5.32 Å². The number of hydrogen-bond acceptors (Lipinski definition) is 1. The smallest absolute Gasteiger partial charge is 0.0624 e. The monoisotopic (exact) mass is 385 g/mol. The molecule has 0 aliphatic carbocycles. The second-order valence-corrected chi connectivity index (χ2v) is 6.81. The first-order chi connectivity index (χ1) is 9.93. The van der Waals surface area contributed by atoms with E-state index in [2.05, 4.69) is 47.2 Å². The van der Waals surface area contributed by atoms with Gasteiger partial charge in [-0.25, -0.2) is 0 Å². The Kier molecular flexibility index (Phi) is 5.73. The molecule has 1 N–H and O–H groups in total. The third kappa shape index (κ3) is 3.81. The Labute approximate surface area is 144 Å². The molecule has 112 valence electrons. The predicted octanol–water partition coefficient (Wildman–Crippen LogP) is 5.88. The largest absolute Gasteiger partial charge is 0.313 e. The summed E-state index contributed by atoms with van der Waals surface area (Å²) in [5, 5.41) is 4.62. The first kappa shape index (κ1) is 16.8. The summed E-state index contributed by atoms with van der Waals surface area (Å²) in [5.41, 5.74) is 4.79. The molecule has 0 aliphatic rings. The lowest BCUT2D eigenvalue weighted by Crippen LogP contribution is -2.19. The van der Waals surface area contributed by atoms with Gasteiger partial charge in [0.25, 0.3) is 0 Å². The van der Waals surface area contributed by atoms with Crippen LogP contribution < -0.4 is 5.32 Å². The molecular weight excluding hydrogens is 369 g/mol. The Morgan fingerprint density at radius 2 is 1.76 bits per heavy atom. The molecule has 0 aromatic heterocycles. The lowest BCUT2D eigenvalue weighted by atomic mass is 9.96. The number of halogens is 3. The van der Waals surface area contributed by atoms with Crippen LogP contribution in [0.5, 0.6) is 0 Å². The zero-order chi connectivity index (χ0) is 15.6. The van der Waals surface area contributed by atoms with Crippen LogP contribution in [0.15, 0.2) is 34.8 Å². The fraction of sp³-hybridized carbons (Fsp3) is 0.294. The number of aryl methyl sites for hydroxylation is 2. The predicted molar refractivity (Wildman–Crippen MR) is 95.6 cm³/mol. The van der Waals surface area contributed by atoms with E-state index in [0.29, 0.717) is 10.0 Å². The highest BCUT2D eigenvalue weighted by molar-refractivity contribution is 9.10. The van der Waals surface area contributed by atoms with Crippen LogP contribution in [0.1, 0.15) is 28.3 Å². The number of likely N-dealkylation sites (N-methyl/N-ethyl adjacent to an activating group) is 1. The number of nitrogens with one attached hydrogen (secondary N) is 1. The summed E-state index contributed by atoms with van der Waals surface area (Å²) in [5.74, 6) is 0. The lowest BCUT2D eigenvalue weighted by Gasteiger charge is -2.20. The molecule has 0 radical (unpaired) electrons. The zero-order valence-electron chi connectivity index (χ0n) is 12.3. The van der Waals surface area contributed by atoms with Crippen molar-refractivity contribution >= 4 is 39.1 Å². The summed E-state index contributed by atoms with van der Waals surface area (Å²) in [4.78, 5) is 0. The van der Waals surface area contributed by atoms with Crippen molar-refractivity contribution in [3.8, 4) is 0 Å². The SMILES string of the molecule is CNC(Cc1cccc(Cl)c1Cl)c1cc(C)c(Br)c(C)c1. The number of hydrogen-bond donors (Lipinski definition) is 1. The van der Waals surface area contributed by atoms with E-state index >= 15 is 0 Å². The minimum atomic E-state index is 0.200. The molecule has 0 heterocycles. The Morgan fingerprint density at radius 3 is 2.33 bits per heavy atom. The van der Waals surface area contributed by atoms with Gasteiger partial charge < -0.3 is 5.32 Å². The van der Waals surface area contributed by atoms with Gasteiger partial charge in [0.05, 0.1) is 10.0 Å². The minimum absolute atomic E-state index is 0.200. The normalized spacial score (nSPS) is 12.5. The van der Waals surface area contributed by atoms with E-state index in [4.69, 9.17) is 23.2 Å². The summed E-state index contributed by atoms with van der Waals surface area (Å²) >= 11 is 16.0. The van der Waals surface area contributed by atoms with Gasteiger partial charge in [0, 0.05) is 10.5 Å². The van der Waals surface area contributed by atoms with E-state index in [1.807, 2.05) is 25.2 Å². The first-order valence-corrected chi connectivity index (χ1v) is 8.35. The third-order valence-electron chi connectivity index (χ3n) is 3.67. The summed E-state index contributed by atoms with van der Waals surface area (Å²) < 4.78 is 1.17. The first-order valence-electron chi connectivity index (χ1n) is 6.80. The van der Waals surface area contributed by atoms with Crippen LogP contribution >= 0.6 is 39.1 Å². The van der Waals surface area contributed by atoms with Crippen LogP contribution in [0.25, 0.3) is 0 Å². The van der Waals surface area contributed by atoms with E-state index < -0.39 is 0 Å². The molecule has 0 fully saturated rings. The molecule has 2 aromatic rings. The van der Waals surface area contributed by atoms with Crippen LogP contribution in [0.2, 0.25) is 10.0 Å². The fourth-order valence-electron chi connectivity index (χ4n) is 2.49. The van der Waals surface area contributed by atoms with E-state index in [9.17, 15) is 0 Å². The second-order valence-electron chi connectivity index (χ2n) is 5.23. The molecule has 1 nitrogen and oxygen atoms in total. The molecule has 0 saturated heterocycles. The van der Waals surface area contributed by atoms with Crippen LogP contribution in [0.3, 0.4) is 0 Å². The van der Waals surface area contributed by atoms with Crippen molar-refractivity contribution in [2.24, 2.45) is 0 Å². The molecule has 2 rings (SSSR count). The Balaban J connectivity index is 2.34. The summed E-state index contributed by atoms with van der Waals surface area (Å²) in [7, 11) is 1.97. The van der Waals surface area contributed by atoms with E-state index in [-0.39, 0.29) is 6.04 Å². The van der Waals surface area contributed by atoms with Crippen molar-refractivity contribution in [1.29, 1.82) is 0 Å². The van der Waals surface area contributed by atoms with Crippen molar-refractivity contribution < 1.29 is 0 Å². The van der Waals surface area contributed by atoms with Gasteiger partial charge in [0.15, 0.2) is 0 Å². The zero-order valence-corrected chi connectivity index (χ0v) is 15.4. The lowest BCUT2D eigenvalue weighted by molar-refractivity contribution is 0.591. The van der Waals surface area contributed by atoms with Crippen molar-refractivity contribution in [3.05, 3.63) is 67.1 Å². The van der Waals surface area contributed by atoms with Crippen LogP contribution in [-0.4, -0.2) is 7.05 Å².